The van der Waals surface area contributed by atoms with Crippen molar-refractivity contribution in [2.45, 2.75) is 19.3 Å². The Morgan fingerprint density at radius 2 is 2.21 bits per heavy atom. The fourth-order valence-corrected chi connectivity index (χ4v) is 0.714. The van der Waals surface area contributed by atoms with Gasteiger partial charge < -0.3 is 19.7 Å². The molecule has 0 radical (unpaired) electrons. The minimum atomic E-state index is -0.941. The van der Waals surface area contributed by atoms with Crippen LogP contribution in [-0.4, -0.2) is 49.0 Å². The Kier molecular flexibility index (Phi) is 8.20. The van der Waals surface area contributed by atoms with Crippen molar-refractivity contribution in [2.75, 3.05) is 26.4 Å². The first-order chi connectivity index (χ1) is 6.74. The van der Waals surface area contributed by atoms with Crippen LogP contribution in [0, 0.1) is 0 Å². The van der Waals surface area contributed by atoms with Gasteiger partial charge in [0.15, 0.2) is 6.29 Å². The molecule has 7 heteroatoms. The fraction of sp³-hybridized carbons (Fsp3) is 1.00. The molecule has 7 nitrogen and oxygen atoms in total. The van der Waals surface area contributed by atoms with Gasteiger partial charge in [0.1, 0.15) is 6.10 Å². The molecule has 0 fully saturated rings. The van der Waals surface area contributed by atoms with Gasteiger partial charge in [-0.15, -0.1) is 0 Å². The van der Waals surface area contributed by atoms with E-state index in [1.165, 1.54) is 0 Å². The lowest BCUT2D eigenvalue weighted by molar-refractivity contribution is -0.151. The van der Waals surface area contributed by atoms with Gasteiger partial charge >= 0.3 is 0 Å². The van der Waals surface area contributed by atoms with Gasteiger partial charge in [-0.1, -0.05) is 5.11 Å². The zero-order chi connectivity index (χ0) is 10.8. The molecule has 2 atom stereocenters. The number of rotatable bonds is 8. The summed E-state index contributed by atoms with van der Waals surface area (Å²) in [4.78, 5) is 2.56. The maximum absolute atomic E-state index is 8.97. The minimum absolute atomic E-state index is 0.0441. The molecule has 0 saturated carbocycles. The highest BCUT2D eigenvalue weighted by atomic mass is 16.7. The SMILES string of the molecule is CCOC(CN=[N+]=[N-])OCC(O)CO. The maximum atomic E-state index is 8.97. The summed E-state index contributed by atoms with van der Waals surface area (Å²) in [6, 6.07) is 0. The normalized spacial score (nSPS) is 14.5. The summed E-state index contributed by atoms with van der Waals surface area (Å²) < 4.78 is 10.1. The Balaban J connectivity index is 3.77. The topological polar surface area (TPSA) is 108 Å². The van der Waals surface area contributed by atoms with Crippen LogP contribution < -0.4 is 0 Å². The van der Waals surface area contributed by atoms with Crippen molar-refractivity contribution < 1.29 is 19.7 Å². The van der Waals surface area contributed by atoms with Gasteiger partial charge in [0.2, 0.25) is 0 Å². The van der Waals surface area contributed by atoms with Gasteiger partial charge in [0.25, 0.3) is 0 Å². The summed E-state index contributed by atoms with van der Waals surface area (Å²) in [6.45, 7) is 1.81. The van der Waals surface area contributed by atoms with Crippen molar-refractivity contribution in [1.29, 1.82) is 0 Å². The van der Waals surface area contributed by atoms with Crippen LogP contribution in [0.1, 0.15) is 6.92 Å². The molecule has 0 aliphatic carbocycles. The molecule has 0 aliphatic rings. The van der Waals surface area contributed by atoms with Gasteiger partial charge in [0, 0.05) is 11.5 Å². The van der Waals surface area contributed by atoms with E-state index in [2.05, 4.69) is 10.0 Å². The quantitative estimate of drug-likeness (QED) is 0.252. The molecule has 0 aromatic heterocycles. The summed E-state index contributed by atoms with van der Waals surface area (Å²) in [5.41, 5.74) is 8.06. The second kappa shape index (κ2) is 8.74. The first kappa shape index (κ1) is 13.2. The first-order valence-electron chi connectivity index (χ1n) is 4.27. The highest BCUT2D eigenvalue weighted by Crippen LogP contribution is 1.98. The third-order valence-corrected chi connectivity index (χ3v) is 1.33. The predicted octanol–water partition coefficient (Wildman–Crippen LogP) is 0.0291. The van der Waals surface area contributed by atoms with Crippen LogP contribution >= 0.6 is 0 Å². The summed E-state index contributed by atoms with van der Waals surface area (Å²) in [5, 5.41) is 20.7. The van der Waals surface area contributed by atoms with Crippen LogP contribution in [0.2, 0.25) is 0 Å². The molecular formula is C7H15N3O4. The van der Waals surface area contributed by atoms with E-state index < -0.39 is 12.4 Å². The van der Waals surface area contributed by atoms with Crippen molar-refractivity contribution in [1.82, 2.24) is 0 Å². The van der Waals surface area contributed by atoms with E-state index in [1.54, 1.807) is 6.92 Å². The number of nitrogens with zero attached hydrogens (tertiary/aromatic N) is 3. The lowest BCUT2D eigenvalue weighted by atomic mass is 10.4. The second-order valence-corrected chi connectivity index (χ2v) is 2.47. The Morgan fingerprint density at radius 1 is 1.50 bits per heavy atom. The summed E-state index contributed by atoms with van der Waals surface area (Å²) in [6.07, 6.45) is -1.61. The van der Waals surface area contributed by atoms with Crippen molar-refractivity contribution in [2.24, 2.45) is 5.11 Å². The van der Waals surface area contributed by atoms with Crippen LogP contribution in [0.5, 0.6) is 0 Å². The molecular weight excluding hydrogens is 190 g/mol. The van der Waals surface area contributed by atoms with Crippen molar-refractivity contribution in [3.05, 3.63) is 10.4 Å². The van der Waals surface area contributed by atoms with Crippen molar-refractivity contribution in [3.63, 3.8) is 0 Å². The molecule has 0 aromatic rings. The Labute approximate surface area is 81.9 Å². The van der Waals surface area contributed by atoms with Gasteiger partial charge in [-0.2, -0.15) is 0 Å². The average Bonchev–Trinajstić information content (AvgIpc) is 2.21. The average molecular weight is 205 g/mol. The molecule has 2 N–H and O–H groups in total. The second-order valence-electron chi connectivity index (χ2n) is 2.47. The van der Waals surface area contributed by atoms with Gasteiger partial charge in [-0.05, 0) is 12.5 Å². The van der Waals surface area contributed by atoms with E-state index in [0.717, 1.165) is 0 Å². The molecule has 0 amide bonds. The number of azide groups is 1. The third kappa shape index (κ3) is 6.64. The Hall–Kier alpha value is -0.850. The number of aliphatic hydroxyl groups is 2. The number of ether oxygens (including phenoxy) is 2. The van der Waals surface area contributed by atoms with Crippen molar-refractivity contribution >= 4 is 0 Å². The number of hydrogen-bond donors (Lipinski definition) is 2. The van der Waals surface area contributed by atoms with Crippen LogP contribution in [0.15, 0.2) is 5.11 Å². The maximum Gasteiger partial charge on any atom is 0.163 e. The van der Waals surface area contributed by atoms with Gasteiger partial charge in [-0.25, -0.2) is 0 Å². The van der Waals surface area contributed by atoms with Gasteiger partial charge in [0.05, 0.1) is 19.8 Å². The fourth-order valence-electron chi connectivity index (χ4n) is 0.714. The molecule has 0 spiro atoms. The van der Waals surface area contributed by atoms with E-state index in [1.807, 2.05) is 0 Å². The summed E-state index contributed by atoms with van der Waals surface area (Å²) >= 11 is 0. The van der Waals surface area contributed by atoms with Crippen LogP contribution in [0.4, 0.5) is 0 Å². The van der Waals surface area contributed by atoms with E-state index >= 15 is 0 Å². The first-order valence-corrected chi connectivity index (χ1v) is 4.27. The lowest BCUT2D eigenvalue weighted by Crippen LogP contribution is -2.27. The molecule has 0 heterocycles. The molecule has 2 unspecified atom stereocenters. The van der Waals surface area contributed by atoms with E-state index in [0.29, 0.717) is 6.61 Å². The predicted molar refractivity (Wildman–Crippen MR) is 48.5 cm³/mol. The number of hydrogen-bond acceptors (Lipinski definition) is 5. The number of aliphatic hydroxyl groups excluding tert-OH is 2. The minimum Gasteiger partial charge on any atom is -0.394 e. The highest BCUT2D eigenvalue weighted by Gasteiger charge is 2.10. The molecule has 0 aromatic carbocycles. The molecule has 0 rings (SSSR count). The van der Waals surface area contributed by atoms with Crippen LogP contribution in [-0.2, 0) is 9.47 Å². The molecule has 14 heavy (non-hydrogen) atoms. The smallest absolute Gasteiger partial charge is 0.163 e. The Bertz CT molecular complexity index is 184. The van der Waals surface area contributed by atoms with E-state index in [4.69, 9.17) is 25.2 Å². The summed E-state index contributed by atoms with van der Waals surface area (Å²) in [5.74, 6) is 0. The summed E-state index contributed by atoms with van der Waals surface area (Å²) in [7, 11) is 0. The lowest BCUT2D eigenvalue weighted by Gasteiger charge is -2.17. The molecule has 0 aliphatic heterocycles. The molecule has 0 saturated heterocycles. The van der Waals surface area contributed by atoms with Crippen molar-refractivity contribution in [3.8, 4) is 0 Å². The van der Waals surface area contributed by atoms with E-state index in [9.17, 15) is 0 Å². The molecule has 82 valence electrons. The Morgan fingerprint density at radius 3 is 2.71 bits per heavy atom. The zero-order valence-corrected chi connectivity index (χ0v) is 8.04. The van der Waals surface area contributed by atoms with Gasteiger partial charge in [-0.3, -0.25) is 0 Å². The third-order valence-electron chi connectivity index (χ3n) is 1.33. The highest BCUT2D eigenvalue weighted by molar-refractivity contribution is 4.55. The van der Waals surface area contributed by atoms with E-state index in [-0.39, 0.29) is 19.8 Å². The zero-order valence-electron chi connectivity index (χ0n) is 8.04. The monoisotopic (exact) mass is 205 g/mol. The molecule has 0 bridgehead atoms. The van der Waals surface area contributed by atoms with Crippen LogP contribution in [0.25, 0.3) is 10.4 Å². The standard InChI is InChI=1S/C7H15N3O4/c1-2-13-7(3-9-10-8)14-5-6(12)4-11/h6-7,11-12H,2-5H2,1H3. The van der Waals surface area contributed by atoms with Crippen LogP contribution in [0.3, 0.4) is 0 Å². The largest absolute Gasteiger partial charge is 0.394 e.